The van der Waals surface area contributed by atoms with E-state index in [1.807, 2.05) is 18.2 Å². The van der Waals surface area contributed by atoms with Gasteiger partial charge in [0.2, 0.25) is 0 Å². The van der Waals surface area contributed by atoms with Gasteiger partial charge in [0.1, 0.15) is 0 Å². The zero-order valence-electron chi connectivity index (χ0n) is 15.3. The molecule has 4 heteroatoms. The smallest absolute Gasteiger partial charge is 0.0918 e. The molecule has 4 nitrogen and oxygen atoms in total. The zero-order valence-corrected chi connectivity index (χ0v) is 15.3. The fraction of sp³-hybridized carbons (Fsp3) is 0.261. The average molecular weight is 357 g/mol. The summed E-state index contributed by atoms with van der Waals surface area (Å²) in [5, 5.41) is 18.6. The van der Waals surface area contributed by atoms with Gasteiger partial charge >= 0.3 is 0 Å². The van der Waals surface area contributed by atoms with Crippen LogP contribution in [0.4, 0.5) is 0 Å². The number of fused-ring (bicyclic) bond motifs is 2. The van der Waals surface area contributed by atoms with Crippen molar-refractivity contribution in [2.45, 2.75) is 0 Å². The van der Waals surface area contributed by atoms with Gasteiger partial charge in [-0.1, -0.05) is 48.5 Å². The molecule has 1 N–H and O–H groups in total. The van der Waals surface area contributed by atoms with Crippen LogP contribution < -0.4 is 0 Å². The first-order chi connectivity index (χ1) is 13.3. The van der Waals surface area contributed by atoms with Crippen LogP contribution in [0.1, 0.15) is 22.3 Å². The fourth-order valence-corrected chi connectivity index (χ4v) is 4.02. The molecule has 2 aromatic carbocycles. The Morgan fingerprint density at radius 1 is 0.926 bits per heavy atom. The van der Waals surface area contributed by atoms with Gasteiger partial charge in [-0.2, -0.15) is 5.26 Å². The van der Waals surface area contributed by atoms with Crippen molar-refractivity contribution in [2.75, 3.05) is 39.3 Å². The van der Waals surface area contributed by atoms with Gasteiger partial charge in [-0.15, -0.1) is 0 Å². The van der Waals surface area contributed by atoms with Gasteiger partial charge in [-0.05, 0) is 22.8 Å². The SMILES string of the molecule is N#CC=C1c2ccccc2C=C(N2CCN(CCO)CC2)c2ccccc21. The number of β-amino-alcohol motifs (C(OH)–C–C–N with tert-alkyl or cyclic N) is 1. The molecule has 0 radical (unpaired) electrons. The second-order valence-electron chi connectivity index (χ2n) is 6.90. The summed E-state index contributed by atoms with van der Waals surface area (Å²) in [6, 6.07) is 18.9. The number of allylic oxidation sites excluding steroid dienone is 1. The lowest BCUT2D eigenvalue weighted by molar-refractivity contribution is 0.143. The average Bonchev–Trinajstić information content (AvgIpc) is 2.85. The summed E-state index contributed by atoms with van der Waals surface area (Å²) in [4.78, 5) is 4.73. The van der Waals surface area contributed by atoms with Crippen LogP contribution in [0, 0.1) is 11.3 Å². The number of benzene rings is 2. The van der Waals surface area contributed by atoms with E-state index in [2.05, 4.69) is 52.3 Å². The molecule has 1 saturated heterocycles. The third kappa shape index (κ3) is 3.40. The van der Waals surface area contributed by atoms with E-state index in [9.17, 15) is 10.4 Å². The molecule has 0 aromatic heterocycles. The third-order valence-electron chi connectivity index (χ3n) is 5.37. The monoisotopic (exact) mass is 357 g/mol. The maximum atomic E-state index is 9.38. The number of nitrogens with zero attached hydrogens (tertiary/aromatic N) is 3. The third-order valence-corrected chi connectivity index (χ3v) is 5.37. The van der Waals surface area contributed by atoms with Crippen LogP contribution >= 0.6 is 0 Å². The molecular weight excluding hydrogens is 334 g/mol. The van der Waals surface area contributed by atoms with Crippen molar-refractivity contribution >= 4 is 17.3 Å². The molecule has 2 aromatic rings. The Bertz CT molecular complexity index is 931. The summed E-state index contributed by atoms with van der Waals surface area (Å²) in [6.07, 6.45) is 3.92. The van der Waals surface area contributed by atoms with E-state index in [4.69, 9.17) is 0 Å². The molecule has 1 aliphatic heterocycles. The second kappa shape index (κ2) is 7.79. The highest BCUT2D eigenvalue weighted by molar-refractivity contribution is 5.98. The summed E-state index contributed by atoms with van der Waals surface area (Å²) in [6.45, 7) is 4.70. The van der Waals surface area contributed by atoms with E-state index in [0.29, 0.717) is 0 Å². The van der Waals surface area contributed by atoms with Gasteiger partial charge in [-0.25, -0.2) is 0 Å². The predicted molar refractivity (Wildman–Crippen MR) is 109 cm³/mol. The van der Waals surface area contributed by atoms with E-state index >= 15 is 0 Å². The molecule has 0 atom stereocenters. The normalized spacial score (nSPS) is 18.3. The lowest BCUT2D eigenvalue weighted by Gasteiger charge is -2.37. The first kappa shape index (κ1) is 17.5. The largest absolute Gasteiger partial charge is 0.395 e. The molecule has 1 aliphatic carbocycles. The molecule has 0 spiro atoms. The molecule has 136 valence electrons. The van der Waals surface area contributed by atoms with E-state index in [-0.39, 0.29) is 6.61 Å². The Hall–Kier alpha value is -2.87. The first-order valence-electron chi connectivity index (χ1n) is 9.40. The van der Waals surface area contributed by atoms with E-state index in [1.54, 1.807) is 6.08 Å². The van der Waals surface area contributed by atoms with Crippen molar-refractivity contribution in [1.82, 2.24) is 9.80 Å². The fourth-order valence-electron chi connectivity index (χ4n) is 4.02. The van der Waals surface area contributed by atoms with Crippen molar-refractivity contribution in [3.8, 4) is 6.07 Å². The van der Waals surface area contributed by atoms with Crippen LogP contribution in [0.5, 0.6) is 0 Å². The van der Waals surface area contributed by atoms with Crippen LogP contribution in [0.25, 0.3) is 17.3 Å². The molecule has 1 fully saturated rings. The van der Waals surface area contributed by atoms with E-state index < -0.39 is 0 Å². The summed E-state index contributed by atoms with van der Waals surface area (Å²) in [5.74, 6) is 0. The van der Waals surface area contributed by atoms with Gasteiger partial charge in [0, 0.05) is 55.6 Å². The summed E-state index contributed by atoms with van der Waals surface area (Å²) in [7, 11) is 0. The van der Waals surface area contributed by atoms with E-state index in [0.717, 1.165) is 55.0 Å². The summed E-state index contributed by atoms with van der Waals surface area (Å²) < 4.78 is 0. The molecule has 0 amide bonds. The standard InChI is InChI=1S/C23H23N3O/c24-10-9-21-19-6-2-1-5-18(19)17-23(22-8-4-3-7-20(21)22)26-13-11-25(12-14-26)15-16-27/h1-9,17,27H,11-16H2. The van der Waals surface area contributed by atoms with Crippen LogP contribution in [0.3, 0.4) is 0 Å². The lowest BCUT2D eigenvalue weighted by atomic mass is 9.93. The minimum absolute atomic E-state index is 0.210. The van der Waals surface area contributed by atoms with Crippen LogP contribution in [0.2, 0.25) is 0 Å². The van der Waals surface area contributed by atoms with Crippen molar-refractivity contribution < 1.29 is 5.11 Å². The quantitative estimate of drug-likeness (QED) is 0.858. The predicted octanol–water partition coefficient (Wildman–Crippen LogP) is 3.06. The minimum Gasteiger partial charge on any atom is -0.395 e. The molecule has 0 bridgehead atoms. The lowest BCUT2D eigenvalue weighted by Crippen LogP contribution is -2.46. The molecule has 0 unspecified atom stereocenters. The molecule has 4 rings (SSSR count). The number of hydrogen-bond acceptors (Lipinski definition) is 4. The highest BCUT2D eigenvalue weighted by Crippen LogP contribution is 2.38. The minimum atomic E-state index is 0.210. The Morgan fingerprint density at radius 3 is 2.30 bits per heavy atom. The first-order valence-corrected chi connectivity index (χ1v) is 9.40. The molecular formula is C23H23N3O. The molecule has 1 heterocycles. The number of nitriles is 1. The zero-order chi connectivity index (χ0) is 18.6. The van der Waals surface area contributed by atoms with Gasteiger partial charge in [0.05, 0.1) is 12.7 Å². The number of rotatable bonds is 3. The van der Waals surface area contributed by atoms with Crippen LogP contribution in [-0.2, 0) is 0 Å². The number of hydrogen-bond donors (Lipinski definition) is 1. The Kier molecular flexibility index (Phi) is 5.06. The van der Waals surface area contributed by atoms with Crippen molar-refractivity contribution in [2.24, 2.45) is 0 Å². The topological polar surface area (TPSA) is 50.5 Å². The molecule has 0 saturated carbocycles. The van der Waals surface area contributed by atoms with E-state index in [1.165, 1.54) is 11.3 Å². The Balaban J connectivity index is 1.80. The Morgan fingerprint density at radius 2 is 1.59 bits per heavy atom. The number of piperazine rings is 1. The van der Waals surface area contributed by atoms with Crippen molar-refractivity contribution in [3.05, 3.63) is 76.9 Å². The van der Waals surface area contributed by atoms with Gasteiger partial charge in [-0.3, -0.25) is 4.90 Å². The highest BCUT2D eigenvalue weighted by Gasteiger charge is 2.25. The maximum Gasteiger partial charge on any atom is 0.0918 e. The Labute approximate surface area is 160 Å². The molecule has 27 heavy (non-hydrogen) atoms. The van der Waals surface area contributed by atoms with Crippen molar-refractivity contribution in [3.63, 3.8) is 0 Å². The summed E-state index contributed by atoms with van der Waals surface area (Å²) >= 11 is 0. The van der Waals surface area contributed by atoms with Crippen LogP contribution in [0.15, 0.2) is 54.6 Å². The highest BCUT2D eigenvalue weighted by atomic mass is 16.3. The van der Waals surface area contributed by atoms with Crippen LogP contribution in [-0.4, -0.2) is 54.2 Å². The second-order valence-corrected chi connectivity index (χ2v) is 6.90. The van der Waals surface area contributed by atoms with Gasteiger partial charge < -0.3 is 10.0 Å². The van der Waals surface area contributed by atoms with Gasteiger partial charge in [0.25, 0.3) is 0 Å². The molecule has 2 aliphatic rings. The summed E-state index contributed by atoms with van der Waals surface area (Å²) in [5.41, 5.74) is 6.71. The van der Waals surface area contributed by atoms with Gasteiger partial charge in [0.15, 0.2) is 0 Å². The maximum absolute atomic E-state index is 9.38. The van der Waals surface area contributed by atoms with Crippen molar-refractivity contribution in [1.29, 1.82) is 5.26 Å². The number of aliphatic hydroxyl groups excluding tert-OH is 1. The number of aliphatic hydroxyl groups is 1.